The summed E-state index contributed by atoms with van der Waals surface area (Å²) in [6.45, 7) is 0.775. The zero-order chi connectivity index (χ0) is 11.2. The molecule has 84 valence electrons. The lowest BCUT2D eigenvalue weighted by Gasteiger charge is -2.42. The molecular weight excluding hydrogens is 196 g/mol. The predicted molar refractivity (Wildman–Crippen MR) is 67.5 cm³/mol. The van der Waals surface area contributed by atoms with Crippen molar-refractivity contribution < 1.29 is 0 Å². The van der Waals surface area contributed by atoms with Gasteiger partial charge in [-0.1, -0.05) is 24.6 Å². The van der Waals surface area contributed by atoms with Gasteiger partial charge in [-0.2, -0.15) is 0 Å². The van der Waals surface area contributed by atoms with Gasteiger partial charge in [0.25, 0.3) is 0 Å². The molecule has 2 heteroatoms. The van der Waals surface area contributed by atoms with Gasteiger partial charge in [0.1, 0.15) is 0 Å². The van der Waals surface area contributed by atoms with Crippen molar-refractivity contribution in [2.45, 2.75) is 24.7 Å². The van der Waals surface area contributed by atoms with Gasteiger partial charge in [0.15, 0.2) is 0 Å². The fraction of sp³-hybridized carbons (Fsp3) is 0.429. The van der Waals surface area contributed by atoms with E-state index in [-0.39, 0.29) is 5.41 Å². The van der Waals surface area contributed by atoms with Crippen molar-refractivity contribution in [2.75, 3.05) is 6.54 Å². The zero-order valence-corrected chi connectivity index (χ0v) is 9.74. The van der Waals surface area contributed by atoms with E-state index in [1.54, 1.807) is 0 Å². The van der Waals surface area contributed by atoms with Crippen LogP contribution in [0.2, 0.25) is 0 Å². The number of para-hydroxylation sites is 1. The molecule has 1 saturated carbocycles. The molecule has 1 heterocycles. The minimum absolute atomic E-state index is 0.256. The SMILES string of the molecule is Cn1ccc2cccc(C3(CN)CCC3)c21. The fourth-order valence-corrected chi connectivity index (χ4v) is 2.97. The Labute approximate surface area is 96.1 Å². The van der Waals surface area contributed by atoms with Crippen LogP contribution in [0.15, 0.2) is 30.5 Å². The molecule has 0 radical (unpaired) electrons. The van der Waals surface area contributed by atoms with Crippen LogP contribution in [0.5, 0.6) is 0 Å². The molecule has 2 aromatic rings. The molecule has 0 atom stereocenters. The Morgan fingerprint density at radius 2 is 2.12 bits per heavy atom. The van der Waals surface area contributed by atoms with Gasteiger partial charge in [-0.25, -0.2) is 0 Å². The third kappa shape index (κ3) is 1.17. The van der Waals surface area contributed by atoms with Crippen molar-refractivity contribution in [3.63, 3.8) is 0 Å². The quantitative estimate of drug-likeness (QED) is 0.818. The molecule has 0 unspecified atom stereocenters. The van der Waals surface area contributed by atoms with Gasteiger partial charge in [-0.3, -0.25) is 0 Å². The van der Waals surface area contributed by atoms with Crippen molar-refractivity contribution in [1.29, 1.82) is 0 Å². The van der Waals surface area contributed by atoms with Crippen LogP contribution >= 0.6 is 0 Å². The average molecular weight is 214 g/mol. The summed E-state index contributed by atoms with van der Waals surface area (Å²) in [5, 5.41) is 1.33. The van der Waals surface area contributed by atoms with E-state index in [0.29, 0.717) is 0 Å². The Morgan fingerprint density at radius 1 is 1.31 bits per heavy atom. The van der Waals surface area contributed by atoms with Gasteiger partial charge in [-0.15, -0.1) is 0 Å². The first-order valence-corrected chi connectivity index (χ1v) is 6.01. The minimum Gasteiger partial charge on any atom is -0.350 e. The van der Waals surface area contributed by atoms with Crippen LogP contribution in [0.1, 0.15) is 24.8 Å². The second-order valence-electron chi connectivity index (χ2n) is 5.01. The highest BCUT2D eigenvalue weighted by molar-refractivity contribution is 5.84. The summed E-state index contributed by atoms with van der Waals surface area (Å²) in [4.78, 5) is 0. The Morgan fingerprint density at radius 3 is 2.75 bits per heavy atom. The van der Waals surface area contributed by atoms with Crippen molar-refractivity contribution in [1.82, 2.24) is 4.57 Å². The van der Waals surface area contributed by atoms with Crippen LogP contribution in [0.4, 0.5) is 0 Å². The number of hydrogen-bond donors (Lipinski definition) is 1. The number of aromatic nitrogens is 1. The van der Waals surface area contributed by atoms with E-state index in [1.165, 1.54) is 35.7 Å². The van der Waals surface area contributed by atoms with E-state index in [9.17, 15) is 0 Å². The lowest BCUT2D eigenvalue weighted by molar-refractivity contribution is 0.254. The van der Waals surface area contributed by atoms with Crippen LogP contribution in [0.3, 0.4) is 0 Å². The first-order valence-electron chi connectivity index (χ1n) is 6.01. The molecule has 3 rings (SSSR count). The number of aryl methyl sites for hydroxylation is 1. The highest BCUT2D eigenvalue weighted by atomic mass is 14.9. The number of hydrogen-bond acceptors (Lipinski definition) is 1. The smallest absolute Gasteiger partial charge is 0.0516 e. The zero-order valence-electron chi connectivity index (χ0n) is 9.74. The summed E-state index contributed by atoms with van der Waals surface area (Å²) in [5.74, 6) is 0. The number of benzene rings is 1. The molecular formula is C14H18N2. The predicted octanol–water partition coefficient (Wildman–Crippen LogP) is 2.56. The highest BCUT2D eigenvalue weighted by Gasteiger charge is 2.38. The monoisotopic (exact) mass is 214 g/mol. The lowest BCUT2D eigenvalue weighted by atomic mass is 9.64. The van der Waals surface area contributed by atoms with Crippen LogP contribution in [-0.4, -0.2) is 11.1 Å². The van der Waals surface area contributed by atoms with Crippen LogP contribution in [0, 0.1) is 0 Å². The Kier molecular flexibility index (Phi) is 2.08. The fourth-order valence-electron chi connectivity index (χ4n) is 2.97. The molecule has 1 aromatic carbocycles. The summed E-state index contributed by atoms with van der Waals surface area (Å²) in [7, 11) is 2.12. The van der Waals surface area contributed by atoms with E-state index in [4.69, 9.17) is 5.73 Å². The molecule has 1 aromatic heterocycles. The minimum atomic E-state index is 0.256. The molecule has 0 bridgehead atoms. The van der Waals surface area contributed by atoms with E-state index in [0.717, 1.165) is 6.54 Å². The number of fused-ring (bicyclic) bond motifs is 1. The van der Waals surface area contributed by atoms with E-state index in [2.05, 4.69) is 42.1 Å². The number of nitrogens with zero attached hydrogens (tertiary/aromatic N) is 1. The molecule has 0 spiro atoms. The first kappa shape index (κ1) is 9.91. The molecule has 16 heavy (non-hydrogen) atoms. The largest absolute Gasteiger partial charge is 0.350 e. The van der Waals surface area contributed by atoms with Crippen LogP contribution < -0.4 is 5.73 Å². The van der Waals surface area contributed by atoms with E-state index in [1.807, 2.05) is 0 Å². The standard InChI is InChI=1S/C14H18N2/c1-16-9-6-11-4-2-5-12(13(11)16)14(10-15)7-3-8-14/h2,4-6,9H,3,7-8,10,15H2,1H3. The molecule has 2 nitrogen and oxygen atoms in total. The summed E-state index contributed by atoms with van der Waals surface area (Å²) in [6.07, 6.45) is 5.94. The van der Waals surface area contributed by atoms with Crippen molar-refractivity contribution in [3.05, 3.63) is 36.0 Å². The van der Waals surface area contributed by atoms with Crippen molar-refractivity contribution >= 4 is 10.9 Å². The molecule has 0 saturated heterocycles. The van der Waals surface area contributed by atoms with Gasteiger partial charge in [0.05, 0.1) is 5.52 Å². The second-order valence-corrected chi connectivity index (χ2v) is 5.01. The summed E-state index contributed by atoms with van der Waals surface area (Å²) < 4.78 is 2.22. The normalized spacial score (nSPS) is 18.6. The van der Waals surface area contributed by atoms with E-state index < -0.39 is 0 Å². The maximum Gasteiger partial charge on any atom is 0.0516 e. The molecule has 1 aliphatic carbocycles. The van der Waals surface area contributed by atoms with Gasteiger partial charge in [0, 0.05) is 25.2 Å². The summed E-state index contributed by atoms with van der Waals surface area (Å²) >= 11 is 0. The van der Waals surface area contributed by atoms with Crippen LogP contribution in [-0.2, 0) is 12.5 Å². The lowest BCUT2D eigenvalue weighted by Crippen LogP contribution is -2.41. The van der Waals surface area contributed by atoms with Gasteiger partial charge in [-0.05, 0) is 29.9 Å². The third-order valence-electron chi connectivity index (χ3n) is 4.17. The topological polar surface area (TPSA) is 30.9 Å². The van der Waals surface area contributed by atoms with Gasteiger partial charge in [0.2, 0.25) is 0 Å². The molecule has 0 amide bonds. The van der Waals surface area contributed by atoms with Crippen molar-refractivity contribution in [2.24, 2.45) is 12.8 Å². The Bertz CT molecular complexity index is 515. The third-order valence-corrected chi connectivity index (χ3v) is 4.17. The number of nitrogens with two attached hydrogens (primary N) is 1. The molecule has 1 fully saturated rings. The van der Waals surface area contributed by atoms with Crippen LogP contribution in [0.25, 0.3) is 10.9 Å². The first-order chi connectivity index (χ1) is 7.77. The van der Waals surface area contributed by atoms with Gasteiger partial charge >= 0.3 is 0 Å². The second kappa shape index (κ2) is 3.36. The highest BCUT2D eigenvalue weighted by Crippen LogP contribution is 2.45. The molecule has 0 aliphatic heterocycles. The Hall–Kier alpha value is -1.28. The number of rotatable bonds is 2. The summed E-state index contributed by atoms with van der Waals surface area (Å²) in [5.41, 5.74) is 9.08. The van der Waals surface area contributed by atoms with Crippen molar-refractivity contribution in [3.8, 4) is 0 Å². The summed E-state index contributed by atoms with van der Waals surface area (Å²) in [6, 6.07) is 8.78. The molecule has 1 aliphatic rings. The molecule has 2 N–H and O–H groups in total. The maximum absolute atomic E-state index is 6.00. The maximum atomic E-state index is 6.00. The van der Waals surface area contributed by atoms with E-state index >= 15 is 0 Å². The average Bonchev–Trinajstić information content (AvgIpc) is 2.61. The Balaban J connectivity index is 2.26. The van der Waals surface area contributed by atoms with Gasteiger partial charge < -0.3 is 10.3 Å².